The zero-order chi connectivity index (χ0) is 15.7. The van der Waals surface area contributed by atoms with Crippen molar-refractivity contribution in [2.24, 2.45) is 5.41 Å². The Morgan fingerprint density at radius 2 is 2.14 bits per heavy atom. The molecule has 1 N–H and O–H groups in total. The largest absolute Gasteiger partial charge is 0.497 e. The monoisotopic (exact) mass is 298 g/mol. The number of aliphatic hydroxyl groups is 1. The molecule has 0 heterocycles. The molecule has 3 nitrogen and oxygen atoms in total. The van der Waals surface area contributed by atoms with Gasteiger partial charge in [0.2, 0.25) is 0 Å². The van der Waals surface area contributed by atoms with E-state index < -0.39 is 0 Å². The molecule has 116 valence electrons. The van der Waals surface area contributed by atoms with E-state index in [1.54, 1.807) is 7.11 Å². The summed E-state index contributed by atoms with van der Waals surface area (Å²) in [6, 6.07) is 7.76. The van der Waals surface area contributed by atoms with Crippen LogP contribution in [-0.2, 0) is 4.79 Å². The second kappa shape index (κ2) is 5.73. The van der Waals surface area contributed by atoms with Gasteiger partial charge in [-0.1, -0.05) is 36.8 Å². The number of Topliss-reactive ketones (excluding diaryl/α,β-unsaturated/α-hetero) is 1. The molecule has 1 aromatic rings. The predicted molar refractivity (Wildman–Crippen MR) is 86.6 cm³/mol. The van der Waals surface area contributed by atoms with Crippen LogP contribution in [0.25, 0.3) is 6.08 Å². The molecule has 3 heteroatoms. The standard InChI is InChI=1S/C19H22O3/c1-19-11-10-17(20)15(16(19)8-9-18(19)21)7-6-13-4-3-5-14(12-13)22-2/h3-7,12,18,21H,8-11H2,1-2H3. The molecule has 1 aromatic carbocycles. The SMILES string of the molecule is COc1cccc(C=CC2=C3CCC(O)C3(C)CCC2=O)c1. The van der Waals surface area contributed by atoms with Gasteiger partial charge in [-0.3, -0.25) is 4.79 Å². The molecular formula is C19H22O3. The lowest BCUT2D eigenvalue weighted by Gasteiger charge is -2.34. The number of allylic oxidation sites excluding steroid dienone is 2. The zero-order valence-electron chi connectivity index (χ0n) is 13.1. The molecule has 0 saturated heterocycles. The van der Waals surface area contributed by atoms with Crippen LogP contribution in [0.15, 0.2) is 41.5 Å². The van der Waals surface area contributed by atoms with Crippen molar-refractivity contribution >= 4 is 11.9 Å². The first-order chi connectivity index (χ1) is 10.5. The summed E-state index contributed by atoms with van der Waals surface area (Å²) in [5.74, 6) is 0.997. The summed E-state index contributed by atoms with van der Waals surface area (Å²) in [5.41, 5.74) is 2.72. The van der Waals surface area contributed by atoms with E-state index in [-0.39, 0.29) is 17.3 Å². The summed E-state index contributed by atoms with van der Waals surface area (Å²) in [6.07, 6.45) is 6.42. The first-order valence-corrected chi connectivity index (χ1v) is 7.81. The molecule has 0 amide bonds. The maximum Gasteiger partial charge on any atom is 0.162 e. The van der Waals surface area contributed by atoms with Crippen molar-refractivity contribution in [1.82, 2.24) is 0 Å². The van der Waals surface area contributed by atoms with Crippen LogP contribution in [0.2, 0.25) is 0 Å². The number of hydrogen-bond donors (Lipinski definition) is 1. The third-order valence-corrected chi connectivity index (χ3v) is 5.13. The second-order valence-corrected chi connectivity index (χ2v) is 6.40. The van der Waals surface area contributed by atoms with Crippen LogP contribution in [0.1, 0.15) is 38.2 Å². The van der Waals surface area contributed by atoms with Gasteiger partial charge >= 0.3 is 0 Å². The molecule has 0 radical (unpaired) electrons. The van der Waals surface area contributed by atoms with E-state index in [1.807, 2.05) is 36.4 Å². The lowest BCUT2D eigenvalue weighted by atomic mass is 9.71. The highest BCUT2D eigenvalue weighted by Gasteiger charge is 2.46. The molecule has 1 saturated carbocycles. The predicted octanol–water partition coefficient (Wildman–Crippen LogP) is 3.53. The first-order valence-electron chi connectivity index (χ1n) is 7.81. The van der Waals surface area contributed by atoms with Crippen LogP contribution in [0.3, 0.4) is 0 Å². The normalized spacial score (nSPS) is 28.3. The third kappa shape index (κ3) is 2.50. The smallest absolute Gasteiger partial charge is 0.162 e. The Bertz CT molecular complexity index is 656. The summed E-state index contributed by atoms with van der Waals surface area (Å²) in [6.45, 7) is 2.09. The van der Waals surface area contributed by atoms with Crippen molar-refractivity contribution in [3.8, 4) is 5.75 Å². The second-order valence-electron chi connectivity index (χ2n) is 6.40. The zero-order valence-corrected chi connectivity index (χ0v) is 13.1. The average molecular weight is 298 g/mol. The molecule has 2 atom stereocenters. The van der Waals surface area contributed by atoms with Crippen LogP contribution >= 0.6 is 0 Å². The maximum absolute atomic E-state index is 12.3. The van der Waals surface area contributed by atoms with Gasteiger partial charge in [0.15, 0.2) is 5.78 Å². The van der Waals surface area contributed by atoms with Crippen LogP contribution in [-0.4, -0.2) is 24.1 Å². The average Bonchev–Trinajstić information content (AvgIpc) is 2.83. The first kappa shape index (κ1) is 15.0. The number of methoxy groups -OCH3 is 1. The number of ketones is 1. The van der Waals surface area contributed by atoms with Crippen molar-refractivity contribution in [1.29, 1.82) is 0 Å². The number of fused-ring (bicyclic) bond motifs is 1. The summed E-state index contributed by atoms with van der Waals surface area (Å²) in [5, 5.41) is 10.3. The fraction of sp³-hybridized carbons (Fsp3) is 0.421. The Kier molecular flexibility index (Phi) is 3.92. The minimum Gasteiger partial charge on any atom is -0.497 e. The van der Waals surface area contributed by atoms with E-state index in [9.17, 15) is 9.90 Å². The van der Waals surface area contributed by atoms with Crippen LogP contribution in [0.4, 0.5) is 0 Å². The Morgan fingerprint density at radius 1 is 1.32 bits per heavy atom. The van der Waals surface area contributed by atoms with E-state index in [1.165, 1.54) is 0 Å². The van der Waals surface area contributed by atoms with Gasteiger partial charge in [-0.05, 0) is 37.0 Å². The summed E-state index contributed by atoms with van der Waals surface area (Å²) >= 11 is 0. The number of benzene rings is 1. The van der Waals surface area contributed by atoms with E-state index >= 15 is 0 Å². The van der Waals surface area contributed by atoms with E-state index in [2.05, 4.69) is 6.92 Å². The van der Waals surface area contributed by atoms with Crippen molar-refractivity contribution in [3.63, 3.8) is 0 Å². The summed E-state index contributed by atoms with van der Waals surface area (Å²) < 4.78 is 5.22. The lowest BCUT2D eigenvalue weighted by molar-refractivity contribution is -0.116. The number of ether oxygens (including phenoxy) is 1. The number of carbonyl (C=O) groups excluding carboxylic acids is 1. The van der Waals surface area contributed by atoms with Gasteiger partial charge in [0.1, 0.15) is 5.75 Å². The molecule has 0 aliphatic heterocycles. The summed E-state index contributed by atoms with van der Waals surface area (Å²) in [4.78, 5) is 12.3. The van der Waals surface area contributed by atoms with Gasteiger partial charge in [0.25, 0.3) is 0 Å². The molecule has 2 unspecified atom stereocenters. The Morgan fingerprint density at radius 3 is 2.91 bits per heavy atom. The van der Waals surface area contributed by atoms with Gasteiger partial charge in [-0.2, -0.15) is 0 Å². The van der Waals surface area contributed by atoms with Crippen molar-refractivity contribution in [2.45, 2.75) is 38.7 Å². The Balaban J connectivity index is 1.95. The van der Waals surface area contributed by atoms with Crippen LogP contribution in [0, 0.1) is 5.41 Å². The molecule has 3 rings (SSSR count). The van der Waals surface area contributed by atoms with Crippen molar-refractivity contribution < 1.29 is 14.6 Å². The fourth-order valence-corrected chi connectivity index (χ4v) is 3.64. The van der Waals surface area contributed by atoms with E-state index in [0.29, 0.717) is 6.42 Å². The highest BCUT2D eigenvalue weighted by Crippen LogP contribution is 2.50. The minimum atomic E-state index is -0.323. The van der Waals surface area contributed by atoms with Gasteiger partial charge in [0, 0.05) is 17.4 Å². The Labute approximate surface area is 131 Å². The van der Waals surface area contributed by atoms with Crippen molar-refractivity contribution in [2.75, 3.05) is 7.11 Å². The highest BCUT2D eigenvalue weighted by molar-refractivity contribution is 6.01. The molecule has 2 aliphatic rings. The Hall–Kier alpha value is -1.87. The van der Waals surface area contributed by atoms with Gasteiger partial charge < -0.3 is 9.84 Å². The maximum atomic E-state index is 12.3. The van der Waals surface area contributed by atoms with Crippen LogP contribution < -0.4 is 4.74 Å². The third-order valence-electron chi connectivity index (χ3n) is 5.13. The molecule has 0 aromatic heterocycles. The van der Waals surface area contributed by atoms with Gasteiger partial charge in [-0.15, -0.1) is 0 Å². The van der Waals surface area contributed by atoms with Gasteiger partial charge in [-0.25, -0.2) is 0 Å². The quantitative estimate of drug-likeness (QED) is 0.928. The summed E-state index contributed by atoms with van der Waals surface area (Å²) in [7, 11) is 1.64. The molecule has 0 spiro atoms. The fourth-order valence-electron chi connectivity index (χ4n) is 3.64. The molecule has 22 heavy (non-hydrogen) atoms. The van der Waals surface area contributed by atoms with Gasteiger partial charge in [0.05, 0.1) is 13.2 Å². The molecule has 0 bridgehead atoms. The highest BCUT2D eigenvalue weighted by atomic mass is 16.5. The van der Waals surface area contributed by atoms with E-state index in [4.69, 9.17) is 4.74 Å². The molecule has 2 aliphatic carbocycles. The number of carbonyl (C=O) groups is 1. The van der Waals surface area contributed by atoms with Crippen molar-refractivity contribution in [3.05, 3.63) is 47.1 Å². The molecule has 1 fully saturated rings. The number of hydrogen-bond acceptors (Lipinski definition) is 3. The number of rotatable bonds is 3. The lowest BCUT2D eigenvalue weighted by Crippen LogP contribution is -2.33. The minimum absolute atomic E-state index is 0.195. The molecular weight excluding hydrogens is 276 g/mol. The topological polar surface area (TPSA) is 46.5 Å². The van der Waals surface area contributed by atoms with E-state index in [0.717, 1.165) is 41.7 Å². The van der Waals surface area contributed by atoms with Crippen LogP contribution in [0.5, 0.6) is 5.75 Å². The number of aliphatic hydroxyl groups excluding tert-OH is 1.